The molecule has 1 fully saturated rings. The van der Waals surface area contributed by atoms with Gasteiger partial charge < -0.3 is 15.0 Å². The number of nitrogens with one attached hydrogen (secondary N) is 1. The van der Waals surface area contributed by atoms with Gasteiger partial charge in [0.2, 0.25) is 0 Å². The molecule has 1 amide bonds. The highest BCUT2D eigenvalue weighted by Gasteiger charge is 2.25. The predicted octanol–water partition coefficient (Wildman–Crippen LogP) is 1.35. The molecule has 0 radical (unpaired) electrons. The smallest absolute Gasteiger partial charge is 0.261 e. The average molecular weight is 323 g/mol. The number of ether oxygens (including phenoxy) is 1. The van der Waals surface area contributed by atoms with Crippen LogP contribution in [0.3, 0.4) is 0 Å². The highest BCUT2D eigenvalue weighted by molar-refractivity contribution is 5.81. The van der Waals surface area contributed by atoms with Crippen LogP contribution >= 0.6 is 0 Å². The number of carbonyl (C=O) groups excluding carboxylic acids is 1. The minimum Gasteiger partial charge on any atom is -0.478 e. The Morgan fingerprint density at radius 1 is 1.39 bits per heavy atom. The van der Waals surface area contributed by atoms with Gasteiger partial charge in [-0.05, 0) is 32.6 Å². The van der Waals surface area contributed by atoms with Crippen LogP contribution in [0.5, 0.6) is 5.75 Å². The van der Waals surface area contributed by atoms with E-state index in [9.17, 15) is 9.18 Å². The van der Waals surface area contributed by atoms with E-state index in [1.807, 2.05) is 6.92 Å². The van der Waals surface area contributed by atoms with E-state index in [1.165, 1.54) is 12.1 Å². The third-order valence-electron chi connectivity index (χ3n) is 4.26. The van der Waals surface area contributed by atoms with Crippen LogP contribution in [-0.4, -0.2) is 68.1 Å². The molecule has 2 rings (SSSR count). The van der Waals surface area contributed by atoms with E-state index in [2.05, 4.69) is 29.2 Å². The highest BCUT2D eigenvalue weighted by atomic mass is 19.1. The second-order valence-corrected chi connectivity index (χ2v) is 6.09. The lowest BCUT2D eigenvalue weighted by Crippen LogP contribution is -2.55. The first kappa shape index (κ1) is 17.7. The number of halogens is 1. The SMILES string of the molecule is CC[C@H](Oc1ccccc1F)C(=O)NC[C@@H]1CN(C)CCN1C. The Bertz CT molecular complexity index is 526. The largest absolute Gasteiger partial charge is 0.478 e. The lowest BCUT2D eigenvalue weighted by atomic mass is 10.1. The monoisotopic (exact) mass is 323 g/mol. The number of likely N-dealkylation sites (N-methyl/N-ethyl adjacent to an activating group) is 2. The molecule has 1 aliphatic rings. The van der Waals surface area contributed by atoms with Crippen LogP contribution in [0.1, 0.15) is 13.3 Å². The van der Waals surface area contributed by atoms with Crippen molar-refractivity contribution < 1.29 is 13.9 Å². The minimum absolute atomic E-state index is 0.115. The van der Waals surface area contributed by atoms with Gasteiger partial charge in [-0.1, -0.05) is 19.1 Å². The zero-order valence-electron chi connectivity index (χ0n) is 14.1. The van der Waals surface area contributed by atoms with Gasteiger partial charge in [-0.15, -0.1) is 0 Å². The molecule has 1 N–H and O–H groups in total. The third kappa shape index (κ3) is 4.91. The Morgan fingerprint density at radius 3 is 2.83 bits per heavy atom. The van der Waals surface area contributed by atoms with Crippen molar-refractivity contribution in [1.82, 2.24) is 15.1 Å². The Balaban J connectivity index is 1.88. The van der Waals surface area contributed by atoms with Crippen molar-refractivity contribution in [2.75, 3.05) is 40.3 Å². The molecular formula is C17H26FN3O2. The van der Waals surface area contributed by atoms with E-state index in [4.69, 9.17) is 4.74 Å². The number of benzene rings is 1. The van der Waals surface area contributed by atoms with E-state index in [0.29, 0.717) is 13.0 Å². The van der Waals surface area contributed by atoms with Gasteiger partial charge in [-0.2, -0.15) is 0 Å². The fourth-order valence-corrected chi connectivity index (χ4v) is 2.67. The van der Waals surface area contributed by atoms with Gasteiger partial charge in [-0.3, -0.25) is 9.69 Å². The average Bonchev–Trinajstić information content (AvgIpc) is 2.54. The van der Waals surface area contributed by atoms with Crippen molar-refractivity contribution in [3.63, 3.8) is 0 Å². The van der Waals surface area contributed by atoms with Crippen molar-refractivity contribution in [2.24, 2.45) is 0 Å². The molecule has 2 atom stereocenters. The summed E-state index contributed by atoms with van der Waals surface area (Å²) in [7, 11) is 4.15. The second kappa shape index (κ2) is 8.26. The highest BCUT2D eigenvalue weighted by Crippen LogP contribution is 2.18. The van der Waals surface area contributed by atoms with E-state index in [0.717, 1.165) is 19.6 Å². The van der Waals surface area contributed by atoms with Crippen LogP contribution in [0, 0.1) is 5.82 Å². The van der Waals surface area contributed by atoms with Crippen LogP contribution in [0.25, 0.3) is 0 Å². The van der Waals surface area contributed by atoms with Crippen molar-refractivity contribution in [3.05, 3.63) is 30.1 Å². The fourth-order valence-electron chi connectivity index (χ4n) is 2.67. The molecule has 5 nitrogen and oxygen atoms in total. The number of hydrogen-bond acceptors (Lipinski definition) is 4. The summed E-state index contributed by atoms with van der Waals surface area (Å²) in [5.74, 6) is -0.534. The van der Waals surface area contributed by atoms with E-state index >= 15 is 0 Å². The molecule has 1 saturated heterocycles. The summed E-state index contributed by atoms with van der Waals surface area (Å²) in [5.41, 5.74) is 0. The van der Waals surface area contributed by atoms with Gasteiger partial charge in [0.15, 0.2) is 17.7 Å². The Hall–Kier alpha value is -1.66. The van der Waals surface area contributed by atoms with Gasteiger partial charge in [0.1, 0.15) is 0 Å². The first-order chi connectivity index (χ1) is 11.0. The summed E-state index contributed by atoms with van der Waals surface area (Å²) in [5, 5.41) is 2.94. The molecular weight excluding hydrogens is 297 g/mol. The van der Waals surface area contributed by atoms with Gasteiger partial charge in [0.25, 0.3) is 5.91 Å². The maximum atomic E-state index is 13.7. The lowest BCUT2D eigenvalue weighted by Gasteiger charge is -2.37. The Kier molecular flexibility index (Phi) is 6.36. The van der Waals surface area contributed by atoms with Crippen molar-refractivity contribution in [3.8, 4) is 5.75 Å². The van der Waals surface area contributed by atoms with Crippen LogP contribution in [0.2, 0.25) is 0 Å². The summed E-state index contributed by atoms with van der Waals surface area (Å²) >= 11 is 0. The van der Waals surface area contributed by atoms with Crippen molar-refractivity contribution in [2.45, 2.75) is 25.5 Å². The van der Waals surface area contributed by atoms with Crippen molar-refractivity contribution >= 4 is 5.91 Å². The number of para-hydroxylation sites is 1. The molecule has 128 valence electrons. The lowest BCUT2D eigenvalue weighted by molar-refractivity contribution is -0.128. The van der Waals surface area contributed by atoms with E-state index in [1.54, 1.807) is 12.1 Å². The van der Waals surface area contributed by atoms with Crippen LogP contribution < -0.4 is 10.1 Å². The fraction of sp³-hybridized carbons (Fsp3) is 0.588. The molecule has 0 bridgehead atoms. The molecule has 1 aliphatic heterocycles. The first-order valence-electron chi connectivity index (χ1n) is 8.09. The molecule has 0 spiro atoms. The first-order valence-corrected chi connectivity index (χ1v) is 8.09. The van der Waals surface area contributed by atoms with Crippen LogP contribution in [0.4, 0.5) is 4.39 Å². The molecule has 0 aliphatic carbocycles. The molecule has 6 heteroatoms. The number of piperazine rings is 1. The molecule has 1 aromatic carbocycles. The number of nitrogens with zero attached hydrogens (tertiary/aromatic N) is 2. The summed E-state index contributed by atoms with van der Waals surface area (Å²) in [6.45, 7) is 5.36. The predicted molar refractivity (Wildman–Crippen MR) is 88.0 cm³/mol. The maximum Gasteiger partial charge on any atom is 0.261 e. The quantitative estimate of drug-likeness (QED) is 0.858. The summed E-state index contributed by atoms with van der Waals surface area (Å²) in [6, 6.07) is 6.43. The summed E-state index contributed by atoms with van der Waals surface area (Å²) < 4.78 is 19.2. The van der Waals surface area contributed by atoms with Crippen molar-refractivity contribution in [1.29, 1.82) is 0 Å². The van der Waals surface area contributed by atoms with Gasteiger partial charge in [0.05, 0.1) is 0 Å². The van der Waals surface area contributed by atoms with E-state index < -0.39 is 11.9 Å². The summed E-state index contributed by atoms with van der Waals surface area (Å²) in [6.07, 6.45) is -0.195. The van der Waals surface area contributed by atoms with Gasteiger partial charge >= 0.3 is 0 Å². The molecule has 1 aromatic rings. The minimum atomic E-state index is -0.682. The van der Waals surface area contributed by atoms with Gasteiger partial charge in [-0.25, -0.2) is 4.39 Å². The zero-order chi connectivity index (χ0) is 16.8. The standard InChI is InChI=1S/C17H26FN3O2/c1-4-15(23-16-8-6-5-7-14(16)18)17(22)19-11-13-12-20(2)9-10-21(13)3/h5-8,13,15H,4,9-12H2,1-3H3,(H,19,22)/t13-,15+/m1/s1. The topological polar surface area (TPSA) is 44.8 Å². The second-order valence-electron chi connectivity index (χ2n) is 6.09. The van der Waals surface area contributed by atoms with Crippen LogP contribution in [-0.2, 0) is 4.79 Å². The zero-order valence-corrected chi connectivity index (χ0v) is 14.1. The molecule has 1 heterocycles. The number of carbonyl (C=O) groups is 1. The molecule has 23 heavy (non-hydrogen) atoms. The molecule has 0 saturated carbocycles. The third-order valence-corrected chi connectivity index (χ3v) is 4.26. The number of amides is 1. The summed E-state index contributed by atoms with van der Waals surface area (Å²) in [4.78, 5) is 16.8. The van der Waals surface area contributed by atoms with Gasteiger partial charge in [0, 0.05) is 32.2 Å². The molecule has 0 aromatic heterocycles. The maximum absolute atomic E-state index is 13.7. The van der Waals surface area contributed by atoms with Crippen LogP contribution in [0.15, 0.2) is 24.3 Å². The normalized spacial score (nSPS) is 21.0. The number of hydrogen-bond donors (Lipinski definition) is 1. The Labute approximate surface area is 137 Å². The van der Waals surface area contributed by atoms with E-state index in [-0.39, 0.29) is 17.7 Å². The molecule has 0 unspecified atom stereocenters. The number of rotatable bonds is 6. The Morgan fingerprint density at radius 2 is 2.13 bits per heavy atom.